The Morgan fingerprint density at radius 1 is 0.982 bits per heavy atom. The number of alkyl halides is 3. The van der Waals surface area contributed by atoms with Gasteiger partial charge >= 0.3 is 11.9 Å². The molecule has 2 amide bonds. The summed E-state index contributed by atoms with van der Waals surface area (Å²) in [6.07, 6.45) is 7.53. The highest BCUT2D eigenvalue weighted by atomic mass is 19.4. The minimum absolute atomic E-state index is 0.203. The van der Waals surface area contributed by atoms with Crippen LogP contribution >= 0.6 is 0 Å². The normalized spacial score (nSPS) is 21.8. The highest BCUT2D eigenvalue weighted by Gasteiger charge is 2.32. The maximum absolute atomic E-state index is 13.0. The van der Waals surface area contributed by atoms with E-state index >= 15 is 0 Å². The number of imidazole rings is 1. The molecule has 4 aromatic rings. The first kappa shape index (κ1) is 39.0. The monoisotopic (exact) mass is 768 g/mol. The van der Waals surface area contributed by atoms with Crippen LogP contribution in [-0.4, -0.2) is 99.1 Å². The number of benzene rings is 1. The summed E-state index contributed by atoms with van der Waals surface area (Å²) >= 11 is 0. The fraction of sp³-hybridized carbons (Fsp3) is 0.615. The van der Waals surface area contributed by atoms with Crippen LogP contribution in [0.15, 0.2) is 35.4 Å². The molecule has 0 radical (unpaired) electrons. The van der Waals surface area contributed by atoms with Gasteiger partial charge in [-0.2, -0.15) is 18.2 Å². The number of piperidine rings is 2. The third-order valence-corrected chi connectivity index (χ3v) is 11.5. The quantitative estimate of drug-likeness (QED) is 0.107. The van der Waals surface area contributed by atoms with Gasteiger partial charge in [0.15, 0.2) is 0 Å². The van der Waals surface area contributed by atoms with Crippen molar-refractivity contribution in [3.63, 3.8) is 0 Å². The lowest BCUT2D eigenvalue weighted by molar-refractivity contribution is -0.136. The topological polar surface area (TPSA) is 148 Å². The maximum Gasteiger partial charge on any atom is 0.390 e. The van der Waals surface area contributed by atoms with E-state index in [0.717, 1.165) is 87.5 Å². The molecular weight excluding hydrogens is 717 g/mol. The number of ether oxygens (including phenoxy) is 2. The van der Waals surface area contributed by atoms with Gasteiger partial charge in [0.25, 0.3) is 0 Å². The van der Waals surface area contributed by atoms with E-state index < -0.39 is 24.5 Å². The second kappa shape index (κ2) is 17.2. The summed E-state index contributed by atoms with van der Waals surface area (Å²) in [7, 11) is 1.70. The molecule has 1 atom stereocenters. The Hall–Kier alpha value is -4.28. The first-order valence-corrected chi connectivity index (χ1v) is 19.6. The van der Waals surface area contributed by atoms with Gasteiger partial charge in [-0.05, 0) is 92.9 Å². The Morgan fingerprint density at radius 2 is 1.78 bits per heavy atom. The number of aryl methyl sites for hydroxylation is 2. The van der Waals surface area contributed by atoms with Gasteiger partial charge in [-0.3, -0.25) is 24.0 Å². The SMILES string of the molecule is Cn1c(=O)n([C@H]2CCC(=O)NC2=O)c2ccc(CCCOCCOC3CCN(CC4CCC(c5c[nH]c6nc(NCCC(F)(F)F)ncc56)CC4)CC3)cc21. The molecule has 7 rings (SSSR count). The number of rotatable bonds is 15. The number of amides is 2. The van der Waals surface area contributed by atoms with Crippen molar-refractivity contribution < 1.29 is 32.2 Å². The Bertz CT molecular complexity index is 2010. The van der Waals surface area contributed by atoms with Gasteiger partial charge in [0.1, 0.15) is 11.7 Å². The van der Waals surface area contributed by atoms with Gasteiger partial charge in [-0.1, -0.05) is 6.07 Å². The van der Waals surface area contributed by atoms with E-state index in [0.29, 0.717) is 49.2 Å². The molecule has 298 valence electrons. The standard InChI is InChI=1S/C39H51F3N8O5/c1-48-33-21-25(6-9-31(33)50(38(48)53)32-10-11-34(51)46-36(32)52)3-2-18-54-19-20-55-28-12-16-49(17-13-28)24-26-4-7-27(8-5-26)29-22-44-35-30(29)23-45-37(47-35)43-15-14-39(40,41)42/h6,9,21-23,26-28,32H,2-5,7-8,10-20,24H2,1H3,(H,46,51,52)(H2,43,44,45,47)/t26?,27?,32-/m0/s1. The second-order valence-corrected chi connectivity index (χ2v) is 15.3. The van der Waals surface area contributed by atoms with Crippen LogP contribution in [0.3, 0.4) is 0 Å². The van der Waals surface area contributed by atoms with Gasteiger partial charge in [0.2, 0.25) is 17.8 Å². The van der Waals surface area contributed by atoms with Crippen molar-refractivity contribution in [3.8, 4) is 0 Å². The van der Waals surface area contributed by atoms with Gasteiger partial charge in [-0.25, -0.2) is 9.78 Å². The number of hydrogen-bond donors (Lipinski definition) is 3. The van der Waals surface area contributed by atoms with E-state index in [2.05, 4.69) is 30.5 Å². The molecule has 2 aliphatic heterocycles. The maximum atomic E-state index is 13.0. The summed E-state index contributed by atoms with van der Waals surface area (Å²) in [5.74, 6) is 0.553. The van der Waals surface area contributed by atoms with E-state index in [9.17, 15) is 27.6 Å². The minimum Gasteiger partial charge on any atom is -0.379 e. The summed E-state index contributed by atoms with van der Waals surface area (Å²) in [5.41, 5.74) is 4.12. The lowest BCUT2D eigenvalue weighted by atomic mass is 9.78. The van der Waals surface area contributed by atoms with Crippen LogP contribution in [0.25, 0.3) is 22.1 Å². The zero-order valence-electron chi connectivity index (χ0n) is 31.3. The number of anilines is 1. The number of halogens is 3. The lowest BCUT2D eigenvalue weighted by Crippen LogP contribution is -2.44. The van der Waals surface area contributed by atoms with Gasteiger partial charge < -0.3 is 24.7 Å². The predicted octanol–water partition coefficient (Wildman–Crippen LogP) is 5.36. The molecule has 1 aliphatic carbocycles. The number of H-pyrrole nitrogens is 1. The van der Waals surface area contributed by atoms with Gasteiger partial charge in [0.05, 0.1) is 36.8 Å². The van der Waals surface area contributed by atoms with Crippen LogP contribution in [-0.2, 0) is 32.5 Å². The van der Waals surface area contributed by atoms with E-state index in [1.54, 1.807) is 17.8 Å². The summed E-state index contributed by atoms with van der Waals surface area (Å²) in [4.78, 5) is 51.5. The van der Waals surface area contributed by atoms with E-state index in [1.165, 1.54) is 10.1 Å². The Balaban J connectivity index is 0.759. The number of imide groups is 1. The van der Waals surface area contributed by atoms with Crippen LogP contribution in [0.4, 0.5) is 19.1 Å². The highest BCUT2D eigenvalue weighted by molar-refractivity contribution is 6.00. The summed E-state index contributed by atoms with van der Waals surface area (Å²) in [6.45, 7) is 4.67. The fourth-order valence-corrected chi connectivity index (χ4v) is 8.49. The number of carbonyl (C=O) groups excluding carboxylic acids is 2. The Morgan fingerprint density at radius 3 is 2.55 bits per heavy atom. The molecule has 13 nitrogen and oxygen atoms in total. The molecule has 3 aromatic heterocycles. The van der Waals surface area contributed by atoms with Crippen molar-refractivity contribution in [3.05, 3.63) is 52.2 Å². The molecule has 0 spiro atoms. The average Bonchev–Trinajstić information content (AvgIpc) is 3.69. The van der Waals surface area contributed by atoms with Crippen molar-refractivity contribution in [2.75, 3.05) is 51.3 Å². The fourth-order valence-electron chi connectivity index (χ4n) is 8.49. The van der Waals surface area contributed by atoms with Crippen LogP contribution < -0.4 is 16.3 Å². The van der Waals surface area contributed by atoms with E-state index in [4.69, 9.17) is 9.47 Å². The smallest absolute Gasteiger partial charge is 0.379 e. The Labute approximate surface area is 317 Å². The molecule has 0 unspecified atom stereocenters. The molecular formula is C39H51F3N8O5. The van der Waals surface area contributed by atoms with Crippen LogP contribution in [0.5, 0.6) is 0 Å². The minimum atomic E-state index is -4.22. The van der Waals surface area contributed by atoms with Crippen LogP contribution in [0, 0.1) is 5.92 Å². The number of aromatic amines is 1. The lowest BCUT2D eigenvalue weighted by Gasteiger charge is -2.36. The number of nitrogens with one attached hydrogen (secondary N) is 3. The molecule has 2 saturated heterocycles. The van der Waals surface area contributed by atoms with Gasteiger partial charge in [0, 0.05) is 64.0 Å². The molecule has 55 heavy (non-hydrogen) atoms. The van der Waals surface area contributed by atoms with Crippen molar-refractivity contribution in [2.24, 2.45) is 13.0 Å². The molecule has 5 heterocycles. The number of fused-ring (bicyclic) bond motifs is 2. The van der Waals surface area contributed by atoms with E-state index in [1.807, 2.05) is 24.4 Å². The third kappa shape index (κ3) is 9.58. The molecule has 16 heteroatoms. The number of carbonyl (C=O) groups is 2. The number of likely N-dealkylation sites (tertiary alicyclic amines) is 1. The van der Waals surface area contributed by atoms with Crippen molar-refractivity contribution >= 4 is 39.8 Å². The summed E-state index contributed by atoms with van der Waals surface area (Å²) in [6, 6.07) is 5.18. The first-order valence-electron chi connectivity index (χ1n) is 19.6. The first-order chi connectivity index (χ1) is 26.5. The number of nitrogens with zero attached hydrogens (tertiary/aromatic N) is 5. The van der Waals surface area contributed by atoms with Crippen molar-refractivity contribution in [2.45, 2.75) is 94.9 Å². The highest BCUT2D eigenvalue weighted by Crippen LogP contribution is 2.39. The largest absolute Gasteiger partial charge is 0.390 e. The van der Waals surface area contributed by atoms with Crippen LogP contribution in [0.1, 0.15) is 87.3 Å². The summed E-state index contributed by atoms with van der Waals surface area (Å²) in [5, 5.41) is 5.96. The molecule has 0 bridgehead atoms. The zero-order chi connectivity index (χ0) is 38.5. The van der Waals surface area contributed by atoms with E-state index in [-0.39, 0.29) is 36.6 Å². The van der Waals surface area contributed by atoms with Crippen molar-refractivity contribution in [1.82, 2.24) is 34.3 Å². The molecule has 3 aliphatic rings. The molecule has 3 fully saturated rings. The average molecular weight is 769 g/mol. The number of aromatic nitrogens is 5. The van der Waals surface area contributed by atoms with Crippen molar-refractivity contribution in [1.29, 1.82) is 0 Å². The van der Waals surface area contributed by atoms with Gasteiger partial charge in [-0.15, -0.1) is 0 Å². The molecule has 1 saturated carbocycles. The number of hydrogen-bond acceptors (Lipinski definition) is 9. The zero-order valence-corrected chi connectivity index (χ0v) is 31.3. The summed E-state index contributed by atoms with van der Waals surface area (Å²) < 4.78 is 52.5. The van der Waals surface area contributed by atoms with Crippen LogP contribution in [0.2, 0.25) is 0 Å². The predicted molar refractivity (Wildman–Crippen MR) is 201 cm³/mol. The third-order valence-electron chi connectivity index (χ3n) is 11.5. The molecule has 1 aromatic carbocycles. The second-order valence-electron chi connectivity index (χ2n) is 15.3. The Kier molecular flexibility index (Phi) is 12.2. The molecule has 3 N–H and O–H groups in total.